The van der Waals surface area contributed by atoms with Gasteiger partial charge in [-0.2, -0.15) is 0 Å². The van der Waals surface area contributed by atoms with Crippen molar-refractivity contribution in [2.24, 2.45) is 0 Å². The molecule has 1 N–H and O–H groups in total. The minimum Gasteiger partial charge on any atom is -0.481 e. The molecule has 0 unspecified atom stereocenters. The highest BCUT2D eigenvalue weighted by molar-refractivity contribution is 5.98. The molecule has 0 aliphatic rings. The Kier molecular flexibility index (Phi) is 6.39. The van der Waals surface area contributed by atoms with Crippen LogP contribution in [0.2, 0.25) is 0 Å². The van der Waals surface area contributed by atoms with Gasteiger partial charge in [0, 0.05) is 5.69 Å². The highest BCUT2D eigenvalue weighted by atomic mass is 16.5. The molecule has 1 amide bonds. The third-order valence-corrected chi connectivity index (χ3v) is 4.13. The zero-order valence-corrected chi connectivity index (χ0v) is 15.9. The average Bonchev–Trinajstić information content (AvgIpc) is 2.59. The van der Waals surface area contributed by atoms with Crippen LogP contribution in [0, 0.1) is 20.8 Å². The lowest BCUT2D eigenvalue weighted by atomic mass is 10.1. The molecule has 2 aromatic rings. The summed E-state index contributed by atoms with van der Waals surface area (Å²) in [7, 11) is 1.33. The maximum absolute atomic E-state index is 12.7. The second kappa shape index (κ2) is 8.52. The molecule has 5 heteroatoms. The van der Waals surface area contributed by atoms with Crippen LogP contribution >= 0.6 is 0 Å². The van der Waals surface area contributed by atoms with Crippen molar-refractivity contribution in [3.05, 3.63) is 58.7 Å². The predicted molar refractivity (Wildman–Crippen MR) is 102 cm³/mol. The smallest absolute Gasteiger partial charge is 0.338 e. The molecule has 0 fully saturated rings. The zero-order chi connectivity index (χ0) is 19.3. The van der Waals surface area contributed by atoms with E-state index in [1.165, 1.54) is 7.11 Å². The van der Waals surface area contributed by atoms with E-state index < -0.39 is 12.1 Å². The summed E-state index contributed by atoms with van der Waals surface area (Å²) >= 11 is 0. The van der Waals surface area contributed by atoms with Gasteiger partial charge in [0.15, 0.2) is 6.10 Å². The van der Waals surface area contributed by atoms with Gasteiger partial charge in [-0.3, -0.25) is 4.79 Å². The number of benzene rings is 2. The number of hydrogen-bond acceptors (Lipinski definition) is 4. The first-order valence-electron chi connectivity index (χ1n) is 8.59. The van der Waals surface area contributed by atoms with E-state index in [2.05, 4.69) is 11.4 Å². The van der Waals surface area contributed by atoms with Gasteiger partial charge >= 0.3 is 5.97 Å². The van der Waals surface area contributed by atoms with E-state index in [1.807, 2.05) is 32.9 Å². The van der Waals surface area contributed by atoms with Gasteiger partial charge in [-0.1, -0.05) is 19.1 Å². The molecule has 0 spiro atoms. The van der Waals surface area contributed by atoms with Crippen LogP contribution < -0.4 is 10.1 Å². The van der Waals surface area contributed by atoms with Crippen molar-refractivity contribution in [3.63, 3.8) is 0 Å². The number of aryl methyl sites for hydroxylation is 2. The standard InChI is InChI=1S/C21H25NO4/c1-6-19(26-16-11-13(2)10-14(3)12-16)20(23)22-18-9-7-8-17(15(18)4)21(24)25-5/h7-12,19H,6H2,1-5H3,(H,22,23)/t19-/m0/s1. The molecular weight excluding hydrogens is 330 g/mol. The number of nitrogens with one attached hydrogen (secondary N) is 1. The maximum Gasteiger partial charge on any atom is 0.338 e. The molecule has 0 radical (unpaired) electrons. The minimum absolute atomic E-state index is 0.253. The molecule has 5 nitrogen and oxygen atoms in total. The Hall–Kier alpha value is -2.82. The van der Waals surface area contributed by atoms with Crippen molar-refractivity contribution >= 4 is 17.6 Å². The van der Waals surface area contributed by atoms with Crippen LogP contribution in [0.1, 0.15) is 40.4 Å². The normalized spacial score (nSPS) is 11.6. The van der Waals surface area contributed by atoms with E-state index >= 15 is 0 Å². The fourth-order valence-corrected chi connectivity index (χ4v) is 2.80. The number of esters is 1. The molecule has 0 bridgehead atoms. The SMILES string of the molecule is CC[C@H](Oc1cc(C)cc(C)c1)C(=O)Nc1cccc(C(=O)OC)c1C. The van der Waals surface area contributed by atoms with Gasteiger partial charge in [-0.25, -0.2) is 4.79 Å². The van der Waals surface area contributed by atoms with E-state index in [4.69, 9.17) is 9.47 Å². The first-order chi connectivity index (χ1) is 12.3. The number of hydrogen-bond donors (Lipinski definition) is 1. The van der Waals surface area contributed by atoms with E-state index in [0.717, 1.165) is 11.1 Å². The molecule has 2 rings (SSSR count). The summed E-state index contributed by atoms with van der Waals surface area (Å²) in [5, 5.41) is 2.86. The van der Waals surface area contributed by atoms with E-state index in [0.29, 0.717) is 29.0 Å². The third-order valence-electron chi connectivity index (χ3n) is 4.13. The second-order valence-electron chi connectivity index (χ2n) is 6.30. The van der Waals surface area contributed by atoms with Gasteiger partial charge in [-0.05, 0) is 68.1 Å². The summed E-state index contributed by atoms with van der Waals surface area (Å²) in [5.74, 6) is -0.0153. The van der Waals surface area contributed by atoms with Gasteiger partial charge in [0.1, 0.15) is 5.75 Å². The van der Waals surface area contributed by atoms with E-state index in [9.17, 15) is 9.59 Å². The molecule has 0 heterocycles. The number of anilines is 1. The van der Waals surface area contributed by atoms with Crippen LogP contribution in [0.5, 0.6) is 5.75 Å². The first kappa shape index (κ1) is 19.5. The highest BCUT2D eigenvalue weighted by Crippen LogP contribution is 2.22. The summed E-state index contributed by atoms with van der Waals surface area (Å²) < 4.78 is 10.7. The van der Waals surface area contributed by atoms with Crippen molar-refractivity contribution in [2.75, 3.05) is 12.4 Å². The number of rotatable bonds is 6. The van der Waals surface area contributed by atoms with Crippen molar-refractivity contribution < 1.29 is 19.1 Å². The lowest BCUT2D eigenvalue weighted by Crippen LogP contribution is -2.32. The summed E-state index contributed by atoms with van der Waals surface area (Å²) in [6.07, 6.45) is -0.105. The lowest BCUT2D eigenvalue weighted by Gasteiger charge is -2.19. The quantitative estimate of drug-likeness (QED) is 0.789. The molecule has 2 aromatic carbocycles. The first-order valence-corrected chi connectivity index (χ1v) is 8.59. The zero-order valence-electron chi connectivity index (χ0n) is 15.9. The van der Waals surface area contributed by atoms with Crippen LogP contribution in [0.3, 0.4) is 0 Å². The molecule has 26 heavy (non-hydrogen) atoms. The van der Waals surface area contributed by atoms with Crippen molar-refractivity contribution in [1.82, 2.24) is 0 Å². The molecule has 0 aromatic heterocycles. The van der Waals surface area contributed by atoms with Gasteiger partial charge in [0.05, 0.1) is 12.7 Å². The molecular formula is C21H25NO4. The maximum atomic E-state index is 12.7. The Labute approximate surface area is 154 Å². The van der Waals surface area contributed by atoms with Gasteiger partial charge in [-0.15, -0.1) is 0 Å². The van der Waals surface area contributed by atoms with Crippen LogP contribution in [-0.2, 0) is 9.53 Å². The Morgan fingerprint density at radius 3 is 2.31 bits per heavy atom. The third kappa shape index (κ3) is 4.63. The van der Waals surface area contributed by atoms with E-state index in [-0.39, 0.29) is 5.91 Å². The molecule has 0 saturated heterocycles. The largest absolute Gasteiger partial charge is 0.481 e. The van der Waals surface area contributed by atoms with Gasteiger partial charge in [0.2, 0.25) is 0 Å². The average molecular weight is 355 g/mol. The van der Waals surface area contributed by atoms with E-state index in [1.54, 1.807) is 25.1 Å². The number of carbonyl (C=O) groups is 2. The lowest BCUT2D eigenvalue weighted by molar-refractivity contribution is -0.122. The van der Waals surface area contributed by atoms with Crippen LogP contribution in [0.4, 0.5) is 5.69 Å². The van der Waals surface area contributed by atoms with Gasteiger partial charge < -0.3 is 14.8 Å². The topological polar surface area (TPSA) is 64.6 Å². The second-order valence-corrected chi connectivity index (χ2v) is 6.30. The highest BCUT2D eigenvalue weighted by Gasteiger charge is 2.21. The monoisotopic (exact) mass is 355 g/mol. The molecule has 0 aliphatic carbocycles. The van der Waals surface area contributed by atoms with Crippen molar-refractivity contribution in [3.8, 4) is 5.75 Å². The number of methoxy groups -OCH3 is 1. The summed E-state index contributed by atoms with van der Waals surface area (Å²) in [5.41, 5.74) is 3.82. The predicted octanol–water partition coefficient (Wildman–Crippen LogP) is 4.19. The Morgan fingerprint density at radius 2 is 1.73 bits per heavy atom. The number of carbonyl (C=O) groups excluding carboxylic acids is 2. The number of amides is 1. The molecule has 138 valence electrons. The molecule has 1 atom stereocenters. The number of ether oxygens (including phenoxy) is 2. The van der Waals surface area contributed by atoms with Crippen LogP contribution in [0.25, 0.3) is 0 Å². The summed E-state index contributed by atoms with van der Waals surface area (Å²) in [4.78, 5) is 24.5. The fourth-order valence-electron chi connectivity index (χ4n) is 2.80. The Bertz CT molecular complexity index is 793. The molecule has 0 saturated carbocycles. The van der Waals surface area contributed by atoms with Crippen molar-refractivity contribution in [2.45, 2.75) is 40.2 Å². The van der Waals surface area contributed by atoms with Crippen molar-refractivity contribution in [1.29, 1.82) is 0 Å². The Morgan fingerprint density at radius 1 is 1.08 bits per heavy atom. The minimum atomic E-state index is -0.627. The van der Waals surface area contributed by atoms with Crippen LogP contribution in [0.15, 0.2) is 36.4 Å². The van der Waals surface area contributed by atoms with Crippen LogP contribution in [-0.4, -0.2) is 25.1 Å². The summed E-state index contributed by atoms with van der Waals surface area (Å²) in [6, 6.07) is 11.0. The summed E-state index contributed by atoms with van der Waals surface area (Å²) in [6.45, 7) is 7.64. The van der Waals surface area contributed by atoms with Gasteiger partial charge in [0.25, 0.3) is 5.91 Å². The molecule has 0 aliphatic heterocycles. The fraction of sp³-hybridized carbons (Fsp3) is 0.333. The Balaban J connectivity index is 2.18.